The van der Waals surface area contributed by atoms with Gasteiger partial charge in [0.1, 0.15) is 11.3 Å². The molecule has 0 bridgehead atoms. The lowest BCUT2D eigenvalue weighted by atomic mass is 10.0. The van der Waals surface area contributed by atoms with E-state index < -0.39 is 0 Å². The first-order valence-electron chi connectivity index (χ1n) is 11.4. The van der Waals surface area contributed by atoms with Gasteiger partial charge in [-0.1, -0.05) is 38.1 Å². The highest BCUT2D eigenvalue weighted by molar-refractivity contribution is 5.83. The second kappa shape index (κ2) is 9.19. The Kier molecular flexibility index (Phi) is 6.35. The minimum atomic E-state index is -0.377. The SMILES string of the molecule is COc1ccc2c(C)c(CCC(=O)N(Cc3ccc(C(C)C)cc3)C3CC3)c(=O)oc2c1. The second-order valence-electron chi connectivity index (χ2n) is 9.00. The standard InChI is InChI=1S/C27H31NO4/c1-17(2)20-7-5-19(6-8-20)16-28(21-9-10-21)26(29)14-13-24-18(3)23-12-11-22(31-4)15-25(23)32-27(24)30/h5-8,11-12,15,17,21H,9-10,13-14,16H2,1-4H3. The van der Waals surface area contributed by atoms with Gasteiger partial charge in [-0.3, -0.25) is 4.79 Å². The van der Waals surface area contributed by atoms with Crippen LogP contribution in [0.3, 0.4) is 0 Å². The van der Waals surface area contributed by atoms with Gasteiger partial charge in [0.05, 0.1) is 7.11 Å². The first-order chi connectivity index (χ1) is 15.4. The molecular weight excluding hydrogens is 402 g/mol. The summed E-state index contributed by atoms with van der Waals surface area (Å²) >= 11 is 0. The topological polar surface area (TPSA) is 59.8 Å². The minimum absolute atomic E-state index is 0.0917. The molecule has 4 rings (SSSR count). The molecule has 168 valence electrons. The molecule has 0 radical (unpaired) electrons. The fraction of sp³-hybridized carbons (Fsp3) is 0.407. The zero-order chi connectivity index (χ0) is 22.8. The number of rotatable bonds is 8. The number of carbonyl (C=O) groups excluding carboxylic acids is 1. The number of aryl methyl sites for hydroxylation is 1. The van der Waals surface area contributed by atoms with E-state index >= 15 is 0 Å². The molecule has 1 saturated carbocycles. The van der Waals surface area contributed by atoms with Gasteiger partial charge in [0.2, 0.25) is 5.91 Å². The Morgan fingerprint density at radius 1 is 1.16 bits per heavy atom. The molecule has 3 aromatic rings. The zero-order valence-electron chi connectivity index (χ0n) is 19.3. The third-order valence-corrected chi connectivity index (χ3v) is 6.39. The molecule has 1 heterocycles. The van der Waals surface area contributed by atoms with Crippen LogP contribution in [0.25, 0.3) is 11.0 Å². The van der Waals surface area contributed by atoms with Gasteiger partial charge in [-0.2, -0.15) is 0 Å². The summed E-state index contributed by atoms with van der Waals surface area (Å²) in [5.41, 5.74) is 4.02. The summed E-state index contributed by atoms with van der Waals surface area (Å²) in [5, 5.41) is 0.872. The normalized spacial score (nSPS) is 13.5. The van der Waals surface area contributed by atoms with Gasteiger partial charge >= 0.3 is 5.63 Å². The third-order valence-electron chi connectivity index (χ3n) is 6.39. The molecular formula is C27H31NO4. The highest BCUT2D eigenvalue weighted by Crippen LogP contribution is 2.30. The van der Waals surface area contributed by atoms with Crippen molar-refractivity contribution >= 4 is 16.9 Å². The number of benzene rings is 2. The molecule has 0 N–H and O–H groups in total. The first kappa shape index (κ1) is 22.1. The van der Waals surface area contributed by atoms with Crippen molar-refractivity contribution < 1.29 is 13.9 Å². The predicted octanol–water partition coefficient (Wildman–Crippen LogP) is 5.36. The highest BCUT2D eigenvalue weighted by Gasteiger charge is 2.32. The van der Waals surface area contributed by atoms with Crippen LogP contribution < -0.4 is 10.4 Å². The molecule has 1 aliphatic carbocycles. The molecule has 1 aliphatic rings. The lowest BCUT2D eigenvalue weighted by Gasteiger charge is -2.23. The monoisotopic (exact) mass is 433 g/mol. The Balaban J connectivity index is 1.49. The Morgan fingerprint density at radius 2 is 1.88 bits per heavy atom. The van der Waals surface area contributed by atoms with Crippen molar-refractivity contribution in [2.24, 2.45) is 0 Å². The van der Waals surface area contributed by atoms with E-state index in [1.807, 2.05) is 24.0 Å². The van der Waals surface area contributed by atoms with E-state index in [1.54, 1.807) is 13.2 Å². The van der Waals surface area contributed by atoms with Crippen molar-refractivity contribution in [2.75, 3.05) is 7.11 Å². The number of carbonyl (C=O) groups is 1. The van der Waals surface area contributed by atoms with Crippen LogP contribution in [0.2, 0.25) is 0 Å². The highest BCUT2D eigenvalue weighted by atomic mass is 16.5. The fourth-order valence-corrected chi connectivity index (χ4v) is 4.18. The van der Waals surface area contributed by atoms with Crippen molar-refractivity contribution in [2.45, 2.75) is 65.0 Å². The summed E-state index contributed by atoms with van der Waals surface area (Å²) in [5.74, 6) is 1.22. The number of hydrogen-bond acceptors (Lipinski definition) is 4. The Morgan fingerprint density at radius 3 is 2.50 bits per heavy atom. The summed E-state index contributed by atoms with van der Waals surface area (Å²) in [4.78, 5) is 27.7. The number of methoxy groups -OCH3 is 1. The first-order valence-corrected chi connectivity index (χ1v) is 11.4. The molecule has 5 heteroatoms. The number of ether oxygens (including phenoxy) is 1. The summed E-state index contributed by atoms with van der Waals surface area (Å²) in [7, 11) is 1.58. The lowest BCUT2D eigenvalue weighted by molar-refractivity contribution is -0.132. The summed E-state index contributed by atoms with van der Waals surface area (Å²) in [6, 6.07) is 14.3. The number of hydrogen-bond donors (Lipinski definition) is 0. The van der Waals surface area contributed by atoms with Crippen molar-refractivity contribution in [1.29, 1.82) is 0 Å². The number of nitrogens with zero attached hydrogens (tertiary/aromatic N) is 1. The van der Waals surface area contributed by atoms with Crippen molar-refractivity contribution in [1.82, 2.24) is 4.90 Å². The van der Waals surface area contributed by atoms with E-state index in [9.17, 15) is 9.59 Å². The maximum atomic E-state index is 13.1. The van der Waals surface area contributed by atoms with Gasteiger partial charge in [-0.25, -0.2) is 4.79 Å². The molecule has 1 aromatic heterocycles. The van der Waals surface area contributed by atoms with Crippen LogP contribution in [0.4, 0.5) is 0 Å². The van der Waals surface area contributed by atoms with Crippen LogP contribution in [-0.2, 0) is 17.8 Å². The lowest BCUT2D eigenvalue weighted by Crippen LogP contribution is -2.33. The Hall–Kier alpha value is -3.08. The molecule has 2 aromatic carbocycles. The van der Waals surface area contributed by atoms with Crippen LogP contribution in [0, 0.1) is 6.92 Å². The van der Waals surface area contributed by atoms with Crippen LogP contribution in [0.1, 0.15) is 61.3 Å². The Bertz CT molecular complexity index is 1170. The van der Waals surface area contributed by atoms with Crippen molar-refractivity contribution in [3.05, 3.63) is 75.1 Å². The van der Waals surface area contributed by atoms with Gasteiger partial charge in [0.15, 0.2) is 0 Å². The van der Waals surface area contributed by atoms with E-state index in [0.717, 1.165) is 29.4 Å². The van der Waals surface area contributed by atoms with E-state index in [2.05, 4.69) is 38.1 Å². The van der Waals surface area contributed by atoms with Gasteiger partial charge in [-0.15, -0.1) is 0 Å². The molecule has 0 spiro atoms. The molecule has 32 heavy (non-hydrogen) atoms. The summed E-state index contributed by atoms with van der Waals surface area (Å²) in [6.45, 7) is 6.89. The maximum Gasteiger partial charge on any atom is 0.339 e. The smallest absolute Gasteiger partial charge is 0.339 e. The molecule has 0 aliphatic heterocycles. The summed E-state index contributed by atoms with van der Waals surface area (Å²) in [6.07, 6.45) is 2.78. The molecule has 5 nitrogen and oxygen atoms in total. The van der Waals surface area contributed by atoms with E-state index in [1.165, 1.54) is 5.56 Å². The second-order valence-corrected chi connectivity index (χ2v) is 9.00. The average Bonchev–Trinajstić information content (AvgIpc) is 3.62. The number of fused-ring (bicyclic) bond motifs is 1. The Labute approximate surface area is 189 Å². The van der Waals surface area contributed by atoms with Gasteiger partial charge < -0.3 is 14.1 Å². The molecule has 1 amide bonds. The van der Waals surface area contributed by atoms with E-state index in [-0.39, 0.29) is 11.5 Å². The van der Waals surface area contributed by atoms with Gasteiger partial charge in [0, 0.05) is 36.0 Å². The largest absolute Gasteiger partial charge is 0.497 e. The predicted molar refractivity (Wildman–Crippen MR) is 126 cm³/mol. The summed E-state index contributed by atoms with van der Waals surface area (Å²) < 4.78 is 10.8. The quantitative estimate of drug-likeness (QED) is 0.449. The van der Waals surface area contributed by atoms with Crippen molar-refractivity contribution in [3.63, 3.8) is 0 Å². The van der Waals surface area contributed by atoms with E-state index in [0.29, 0.717) is 48.2 Å². The molecule has 0 atom stereocenters. The van der Waals surface area contributed by atoms with Gasteiger partial charge in [-0.05, 0) is 60.9 Å². The molecule has 1 fully saturated rings. The fourth-order valence-electron chi connectivity index (χ4n) is 4.18. The molecule has 0 unspecified atom stereocenters. The molecule has 0 saturated heterocycles. The zero-order valence-corrected chi connectivity index (χ0v) is 19.3. The maximum absolute atomic E-state index is 13.1. The average molecular weight is 434 g/mol. The van der Waals surface area contributed by atoms with Gasteiger partial charge in [0.25, 0.3) is 0 Å². The minimum Gasteiger partial charge on any atom is -0.497 e. The third kappa shape index (κ3) is 4.72. The van der Waals surface area contributed by atoms with Crippen molar-refractivity contribution in [3.8, 4) is 5.75 Å². The van der Waals surface area contributed by atoms with Crippen LogP contribution in [0.15, 0.2) is 51.7 Å². The van der Waals surface area contributed by atoms with E-state index in [4.69, 9.17) is 9.15 Å². The number of amides is 1. The van der Waals surface area contributed by atoms with Crippen LogP contribution in [0.5, 0.6) is 5.75 Å². The van der Waals surface area contributed by atoms with Crippen LogP contribution in [-0.4, -0.2) is 24.0 Å². The van der Waals surface area contributed by atoms with Crippen LogP contribution >= 0.6 is 0 Å².